The van der Waals surface area contributed by atoms with Crippen LogP contribution < -0.4 is 15.5 Å². The maximum Gasteiger partial charge on any atom is 0.494 e. The monoisotopic (exact) mass is 455 g/mol. The van der Waals surface area contributed by atoms with Crippen LogP contribution in [0.3, 0.4) is 0 Å². The van der Waals surface area contributed by atoms with E-state index in [9.17, 15) is 0 Å². The Bertz CT molecular complexity index is 1090. The number of rotatable bonds is 8. The highest BCUT2D eigenvalue weighted by atomic mass is 16.7. The van der Waals surface area contributed by atoms with Crippen LogP contribution in [-0.2, 0) is 9.31 Å². The van der Waals surface area contributed by atoms with Gasteiger partial charge in [0.25, 0.3) is 0 Å². The summed E-state index contributed by atoms with van der Waals surface area (Å²) in [6.45, 7) is 9.77. The van der Waals surface area contributed by atoms with Crippen LogP contribution in [0.15, 0.2) is 78.9 Å². The minimum Gasteiger partial charge on any atom is -0.492 e. The van der Waals surface area contributed by atoms with Gasteiger partial charge in [0.05, 0.1) is 11.2 Å². The summed E-state index contributed by atoms with van der Waals surface area (Å²) in [5.41, 5.74) is 4.88. The van der Waals surface area contributed by atoms with Gasteiger partial charge in [0.2, 0.25) is 0 Å². The lowest BCUT2D eigenvalue weighted by Crippen LogP contribution is -2.41. The van der Waals surface area contributed by atoms with E-state index in [0.717, 1.165) is 40.0 Å². The first-order valence-corrected chi connectivity index (χ1v) is 11.9. The minimum atomic E-state index is -0.366. The molecule has 1 fully saturated rings. The molecule has 0 bridgehead atoms. The molecule has 3 aromatic rings. The molecular weight excluding hydrogens is 421 g/mol. The third-order valence-corrected chi connectivity index (χ3v) is 6.64. The summed E-state index contributed by atoms with van der Waals surface area (Å²) >= 11 is 0. The van der Waals surface area contributed by atoms with Crippen LogP contribution in [0.5, 0.6) is 5.75 Å². The van der Waals surface area contributed by atoms with Crippen molar-refractivity contribution in [1.82, 2.24) is 5.32 Å². The molecule has 0 aromatic heterocycles. The Morgan fingerprint density at radius 1 is 0.824 bits per heavy atom. The summed E-state index contributed by atoms with van der Waals surface area (Å²) in [4.78, 5) is 0. The SMILES string of the molecule is CNCCOc1ccc(C(=Cc2ccccc2)c2ccc(B3OC(C)(C)C(C)(C)O3)cc2)cc1. The molecule has 1 heterocycles. The largest absolute Gasteiger partial charge is 0.494 e. The lowest BCUT2D eigenvalue weighted by molar-refractivity contribution is 0.00578. The van der Waals surface area contributed by atoms with Crippen molar-refractivity contribution in [3.8, 4) is 5.75 Å². The topological polar surface area (TPSA) is 39.7 Å². The van der Waals surface area contributed by atoms with E-state index in [1.807, 2.05) is 25.2 Å². The summed E-state index contributed by atoms with van der Waals surface area (Å²) in [6.07, 6.45) is 2.22. The zero-order valence-electron chi connectivity index (χ0n) is 20.8. The van der Waals surface area contributed by atoms with Gasteiger partial charge in [0.1, 0.15) is 12.4 Å². The van der Waals surface area contributed by atoms with Crippen LogP contribution in [0.25, 0.3) is 11.6 Å². The Labute approximate surface area is 204 Å². The third kappa shape index (κ3) is 5.44. The second kappa shape index (κ2) is 10.2. The predicted molar refractivity (Wildman–Crippen MR) is 141 cm³/mol. The van der Waals surface area contributed by atoms with Crippen molar-refractivity contribution in [2.75, 3.05) is 20.2 Å². The molecule has 5 heteroatoms. The normalized spacial score (nSPS) is 17.1. The molecular formula is C29H34BNO3. The van der Waals surface area contributed by atoms with Gasteiger partial charge in [-0.05, 0) is 80.7 Å². The van der Waals surface area contributed by atoms with E-state index in [-0.39, 0.29) is 18.3 Å². The lowest BCUT2D eigenvalue weighted by atomic mass is 9.78. The average Bonchev–Trinajstić information content (AvgIpc) is 3.06. The molecule has 3 aromatic carbocycles. The summed E-state index contributed by atoms with van der Waals surface area (Å²) in [5.74, 6) is 0.870. The fourth-order valence-corrected chi connectivity index (χ4v) is 3.85. The second-order valence-electron chi connectivity index (χ2n) is 9.66. The van der Waals surface area contributed by atoms with Crippen molar-refractivity contribution in [2.24, 2.45) is 0 Å². The van der Waals surface area contributed by atoms with Crippen LogP contribution in [-0.4, -0.2) is 38.5 Å². The van der Waals surface area contributed by atoms with Crippen molar-refractivity contribution >= 4 is 24.2 Å². The quantitative estimate of drug-likeness (QED) is 0.289. The highest BCUT2D eigenvalue weighted by Crippen LogP contribution is 2.36. The zero-order chi connectivity index (χ0) is 24.2. The Hall–Kier alpha value is -2.86. The van der Waals surface area contributed by atoms with Crippen molar-refractivity contribution in [3.05, 3.63) is 95.6 Å². The molecule has 0 radical (unpaired) electrons. The van der Waals surface area contributed by atoms with Gasteiger partial charge in [-0.25, -0.2) is 0 Å². The molecule has 4 nitrogen and oxygen atoms in total. The molecule has 4 rings (SSSR count). The smallest absolute Gasteiger partial charge is 0.492 e. The highest BCUT2D eigenvalue weighted by Gasteiger charge is 2.51. The molecule has 0 aliphatic carbocycles. The van der Waals surface area contributed by atoms with Crippen LogP contribution in [0.1, 0.15) is 44.4 Å². The average molecular weight is 455 g/mol. The number of ether oxygens (including phenoxy) is 1. The number of benzene rings is 3. The van der Waals surface area contributed by atoms with Crippen molar-refractivity contribution in [1.29, 1.82) is 0 Å². The Morgan fingerprint density at radius 3 is 1.94 bits per heavy atom. The number of likely N-dealkylation sites (N-methyl/N-ethyl adjacent to an activating group) is 1. The van der Waals surface area contributed by atoms with Gasteiger partial charge in [-0.3, -0.25) is 0 Å². The van der Waals surface area contributed by atoms with Crippen LogP contribution in [0.2, 0.25) is 0 Å². The lowest BCUT2D eigenvalue weighted by Gasteiger charge is -2.32. The molecule has 1 N–H and O–H groups in total. The zero-order valence-corrected chi connectivity index (χ0v) is 20.8. The van der Waals surface area contributed by atoms with Gasteiger partial charge in [0, 0.05) is 6.54 Å². The van der Waals surface area contributed by atoms with E-state index < -0.39 is 0 Å². The summed E-state index contributed by atoms with van der Waals surface area (Å²) in [5, 5.41) is 3.10. The summed E-state index contributed by atoms with van der Waals surface area (Å²) in [7, 11) is 1.56. The van der Waals surface area contributed by atoms with Gasteiger partial charge in [-0.1, -0.05) is 66.7 Å². The van der Waals surface area contributed by atoms with Gasteiger partial charge in [-0.2, -0.15) is 0 Å². The molecule has 0 saturated carbocycles. The maximum absolute atomic E-state index is 6.23. The van der Waals surface area contributed by atoms with Crippen LogP contribution >= 0.6 is 0 Å². The number of hydrogen-bond acceptors (Lipinski definition) is 4. The maximum atomic E-state index is 6.23. The number of nitrogens with one attached hydrogen (secondary N) is 1. The molecule has 0 amide bonds. The van der Waals surface area contributed by atoms with Crippen LogP contribution in [0.4, 0.5) is 0 Å². The standard InChI is InChI=1S/C29H34BNO3/c1-28(2)29(3,4)34-30(33-28)25-15-11-23(12-16-25)27(21-22-9-7-6-8-10-22)24-13-17-26(18-14-24)32-20-19-31-5/h6-18,21,31H,19-20H2,1-5H3. The van der Waals surface area contributed by atoms with E-state index in [1.165, 1.54) is 0 Å². The van der Waals surface area contributed by atoms with Gasteiger partial charge >= 0.3 is 7.12 Å². The first kappa shape index (κ1) is 24.3. The summed E-state index contributed by atoms with van der Waals surface area (Å²) in [6, 6.07) is 27.2. The molecule has 1 aliphatic heterocycles. The van der Waals surface area contributed by atoms with E-state index in [4.69, 9.17) is 14.0 Å². The molecule has 1 saturated heterocycles. The Balaban J connectivity index is 1.62. The first-order chi connectivity index (χ1) is 16.3. The molecule has 0 unspecified atom stereocenters. The fraction of sp³-hybridized carbons (Fsp3) is 0.310. The van der Waals surface area contributed by atoms with E-state index in [0.29, 0.717) is 6.61 Å². The van der Waals surface area contributed by atoms with E-state index >= 15 is 0 Å². The van der Waals surface area contributed by atoms with Crippen LogP contribution in [0, 0.1) is 0 Å². The Kier molecular flexibility index (Phi) is 7.27. The summed E-state index contributed by atoms with van der Waals surface area (Å²) < 4.78 is 18.3. The van der Waals surface area contributed by atoms with E-state index in [1.54, 1.807) is 0 Å². The fourth-order valence-electron chi connectivity index (χ4n) is 3.85. The minimum absolute atomic E-state index is 0.355. The third-order valence-electron chi connectivity index (χ3n) is 6.64. The Morgan fingerprint density at radius 2 is 1.38 bits per heavy atom. The van der Waals surface area contributed by atoms with Gasteiger partial charge in [-0.15, -0.1) is 0 Å². The molecule has 34 heavy (non-hydrogen) atoms. The van der Waals surface area contributed by atoms with E-state index in [2.05, 4.69) is 99.8 Å². The molecule has 0 spiro atoms. The van der Waals surface area contributed by atoms with Crippen molar-refractivity contribution < 1.29 is 14.0 Å². The second-order valence-corrected chi connectivity index (χ2v) is 9.66. The predicted octanol–water partition coefficient (Wildman–Crippen LogP) is 5.17. The molecule has 0 atom stereocenters. The van der Waals surface area contributed by atoms with Gasteiger partial charge < -0.3 is 19.4 Å². The molecule has 176 valence electrons. The highest BCUT2D eigenvalue weighted by molar-refractivity contribution is 6.62. The molecule has 1 aliphatic rings. The van der Waals surface area contributed by atoms with Gasteiger partial charge in [0.15, 0.2) is 0 Å². The first-order valence-electron chi connectivity index (χ1n) is 11.9. The number of hydrogen-bond donors (Lipinski definition) is 1. The van der Waals surface area contributed by atoms with Crippen molar-refractivity contribution in [3.63, 3.8) is 0 Å². The van der Waals surface area contributed by atoms with Crippen molar-refractivity contribution in [2.45, 2.75) is 38.9 Å².